The van der Waals surface area contributed by atoms with E-state index < -0.39 is 0 Å². The van der Waals surface area contributed by atoms with E-state index in [4.69, 9.17) is 10.00 Å². The molecule has 8 nitrogen and oxygen atoms in total. The van der Waals surface area contributed by atoms with Gasteiger partial charge in [0.05, 0.1) is 18.0 Å². The zero-order valence-electron chi connectivity index (χ0n) is 15.7. The third-order valence-electron chi connectivity index (χ3n) is 3.67. The molecule has 0 amide bonds. The first-order chi connectivity index (χ1) is 12.6. The van der Waals surface area contributed by atoms with E-state index in [1.807, 2.05) is 13.1 Å². The molecule has 1 aromatic heterocycles. The Morgan fingerprint density at radius 3 is 2.96 bits per heavy atom. The van der Waals surface area contributed by atoms with Crippen LogP contribution < -0.4 is 10.6 Å². The standard InChI is InChI=1S/C17H28N6O2S/c1-4-5-6-7-9-25-17(24)23-13-22-14(2)15(23)11-26-10-8-20-16(19-3)21-12-18/h13H,4-11H2,1-3H3,(H2,19,20,21). The van der Waals surface area contributed by atoms with Crippen LogP contribution in [-0.2, 0) is 10.5 Å². The van der Waals surface area contributed by atoms with Gasteiger partial charge in [-0.2, -0.15) is 17.0 Å². The highest BCUT2D eigenvalue weighted by molar-refractivity contribution is 7.98. The van der Waals surface area contributed by atoms with Gasteiger partial charge in [0.25, 0.3) is 0 Å². The van der Waals surface area contributed by atoms with Crippen LogP contribution >= 0.6 is 11.8 Å². The second-order valence-corrected chi connectivity index (χ2v) is 6.72. The molecule has 1 heterocycles. The smallest absolute Gasteiger partial charge is 0.419 e. The van der Waals surface area contributed by atoms with Crippen LogP contribution in [0.15, 0.2) is 11.3 Å². The van der Waals surface area contributed by atoms with Crippen LogP contribution in [0.25, 0.3) is 0 Å². The predicted octanol–water partition coefficient (Wildman–Crippen LogP) is 2.64. The number of carbonyl (C=O) groups is 1. The summed E-state index contributed by atoms with van der Waals surface area (Å²) < 4.78 is 6.83. The Kier molecular flexibility index (Phi) is 11.0. The fraction of sp³-hybridized carbons (Fsp3) is 0.647. The zero-order valence-corrected chi connectivity index (χ0v) is 16.6. The summed E-state index contributed by atoms with van der Waals surface area (Å²) in [6.45, 7) is 5.13. The quantitative estimate of drug-likeness (QED) is 0.211. The summed E-state index contributed by atoms with van der Waals surface area (Å²) >= 11 is 1.67. The number of carbonyl (C=O) groups excluding carboxylic acids is 1. The molecule has 0 saturated carbocycles. The monoisotopic (exact) mass is 380 g/mol. The molecule has 0 radical (unpaired) electrons. The van der Waals surface area contributed by atoms with Crippen molar-refractivity contribution in [1.82, 2.24) is 20.2 Å². The number of thioether (sulfide) groups is 1. The Morgan fingerprint density at radius 1 is 1.46 bits per heavy atom. The van der Waals surface area contributed by atoms with Crippen molar-refractivity contribution >= 4 is 23.8 Å². The van der Waals surface area contributed by atoms with Gasteiger partial charge in [0.1, 0.15) is 6.33 Å². The van der Waals surface area contributed by atoms with Gasteiger partial charge in [-0.1, -0.05) is 26.2 Å². The van der Waals surface area contributed by atoms with Gasteiger partial charge in [-0.25, -0.2) is 14.3 Å². The number of rotatable bonds is 10. The van der Waals surface area contributed by atoms with Gasteiger partial charge in [0, 0.05) is 25.1 Å². The van der Waals surface area contributed by atoms with E-state index in [1.54, 1.807) is 18.8 Å². The molecular weight excluding hydrogens is 352 g/mol. The molecule has 2 N–H and O–H groups in total. The Morgan fingerprint density at radius 2 is 2.27 bits per heavy atom. The molecule has 0 aliphatic rings. The Bertz CT molecular complexity index is 623. The van der Waals surface area contributed by atoms with Gasteiger partial charge < -0.3 is 10.1 Å². The Balaban J connectivity index is 2.40. The molecular formula is C17H28N6O2S. The van der Waals surface area contributed by atoms with E-state index in [-0.39, 0.29) is 6.09 Å². The number of nitrogens with one attached hydrogen (secondary N) is 2. The lowest BCUT2D eigenvalue weighted by atomic mass is 10.2. The molecule has 1 aromatic rings. The van der Waals surface area contributed by atoms with Crippen molar-refractivity contribution < 1.29 is 9.53 Å². The van der Waals surface area contributed by atoms with Gasteiger partial charge in [-0.3, -0.25) is 10.3 Å². The van der Waals surface area contributed by atoms with Crippen molar-refractivity contribution in [3.05, 3.63) is 17.7 Å². The van der Waals surface area contributed by atoms with Crippen LogP contribution in [0.5, 0.6) is 0 Å². The molecule has 1 rings (SSSR count). The molecule has 0 saturated heterocycles. The number of ether oxygens (including phenoxy) is 1. The van der Waals surface area contributed by atoms with Gasteiger partial charge >= 0.3 is 6.09 Å². The average molecular weight is 381 g/mol. The van der Waals surface area contributed by atoms with Crippen molar-refractivity contribution in [2.24, 2.45) is 4.99 Å². The SMILES string of the molecule is CCCCCCOC(=O)n1cnc(C)c1CSCCNC(=NC)NC#N. The third kappa shape index (κ3) is 7.78. The molecule has 0 spiro atoms. The summed E-state index contributed by atoms with van der Waals surface area (Å²) in [6, 6.07) is 0. The third-order valence-corrected chi connectivity index (χ3v) is 4.64. The minimum Gasteiger partial charge on any atom is -0.449 e. The second kappa shape index (κ2) is 13.1. The van der Waals surface area contributed by atoms with E-state index in [9.17, 15) is 4.79 Å². The first kappa shape index (κ1) is 21.8. The number of aryl methyl sites for hydroxylation is 1. The molecule has 26 heavy (non-hydrogen) atoms. The van der Waals surface area contributed by atoms with E-state index in [0.717, 1.165) is 42.8 Å². The number of nitrogens with zero attached hydrogens (tertiary/aromatic N) is 4. The maximum absolute atomic E-state index is 12.2. The maximum atomic E-state index is 12.2. The van der Waals surface area contributed by atoms with Gasteiger partial charge in [0.2, 0.25) is 5.96 Å². The van der Waals surface area contributed by atoms with Crippen molar-refractivity contribution in [2.75, 3.05) is 26.0 Å². The van der Waals surface area contributed by atoms with Crippen LogP contribution in [0, 0.1) is 18.4 Å². The highest BCUT2D eigenvalue weighted by Gasteiger charge is 2.14. The number of hydrogen-bond donors (Lipinski definition) is 2. The highest BCUT2D eigenvalue weighted by Crippen LogP contribution is 2.16. The lowest BCUT2D eigenvalue weighted by Gasteiger charge is -2.10. The topological polar surface area (TPSA) is 104 Å². The summed E-state index contributed by atoms with van der Waals surface area (Å²) in [4.78, 5) is 20.4. The highest BCUT2D eigenvalue weighted by atomic mass is 32.2. The van der Waals surface area contributed by atoms with Gasteiger partial charge in [0.15, 0.2) is 6.19 Å². The normalized spacial score (nSPS) is 11.1. The number of aliphatic imine (C=N–C) groups is 1. The number of aromatic nitrogens is 2. The lowest BCUT2D eigenvalue weighted by molar-refractivity contribution is 0.145. The summed E-state index contributed by atoms with van der Waals surface area (Å²) in [7, 11) is 1.61. The van der Waals surface area contributed by atoms with Crippen LogP contribution in [0.2, 0.25) is 0 Å². The molecule has 0 unspecified atom stereocenters. The van der Waals surface area contributed by atoms with Crippen molar-refractivity contribution in [1.29, 1.82) is 5.26 Å². The van der Waals surface area contributed by atoms with Crippen LogP contribution in [0.4, 0.5) is 4.79 Å². The largest absolute Gasteiger partial charge is 0.449 e. The summed E-state index contributed by atoms with van der Waals surface area (Å²) in [5, 5.41) is 14.1. The molecule has 0 bridgehead atoms. The number of unbranched alkanes of at least 4 members (excludes halogenated alkanes) is 3. The molecule has 0 aliphatic heterocycles. The molecule has 0 aliphatic carbocycles. The fourth-order valence-corrected chi connectivity index (χ4v) is 3.13. The van der Waals surface area contributed by atoms with Crippen molar-refractivity contribution in [3.63, 3.8) is 0 Å². The minimum atomic E-state index is -0.366. The molecule has 0 aromatic carbocycles. The summed E-state index contributed by atoms with van der Waals surface area (Å²) in [6.07, 6.45) is 7.26. The van der Waals surface area contributed by atoms with E-state index in [0.29, 0.717) is 24.9 Å². The van der Waals surface area contributed by atoms with Gasteiger partial charge in [-0.05, 0) is 13.3 Å². The van der Waals surface area contributed by atoms with Crippen molar-refractivity contribution in [3.8, 4) is 6.19 Å². The van der Waals surface area contributed by atoms with Crippen LogP contribution in [0.3, 0.4) is 0 Å². The van der Waals surface area contributed by atoms with E-state index in [1.165, 1.54) is 10.9 Å². The van der Waals surface area contributed by atoms with Gasteiger partial charge in [-0.15, -0.1) is 0 Å². The minimum absolute atomic E-state index is 0.366. The maximum Gasteiger partial charge on any atom is 0.419 e. The zero-order chi connectivity index (χ0) is 19.2. The summed E-state index contributed by atoms with van der Waals surface area (Å²) in [5.41, 5.74) is 1.68. The number of guanidine groups is 1. The first-order valence-corrected chi connectivity index (χ1v) is 9.92. The molecule has 0 fully saturated rings. The van der Waals surface area contributed by atoms with Crippen LogP contribution in [0.1, 0.15) is 44.0 Å². The molecule has 9 heteroatoms. The summed E-state index contributed by atoms with van der Waals surface area (Å²) in [5.74, 6) is 1.90. The predicted molar refractivity (Wildman–Crippen MR) is 104 cm³/mol. The van der Waals surface area contributed by atoms with Crippen molar-refractivity contribution in [2.45, 2.75) is 45.3 Å². The number of hydrogen-bond acceptors (Lipinski definition) is 6. The lowest BCUT2D eigenvalue weighted by Crippen LogP contribution is -2.35. The Hall–Kier alpha value is -2.21. The number of nitriles is 1. The first-order valence-electron chi connectivity index (χ1n) is 8.77. The molecule has 0 atom stereocenters. The van der Waals surface area contributed by atoms with E-state index in [2.05, 4.69) is 27.5 Å². The van der Waals surface area contributed by atoms with E-state index >= 15 is 0 Å². The van der Waals surface area contributed by atoms with Crippen LogP contribution in [-0.4, -0.2) is 47.6 Å². The fourth-order valence-electron chi connectivity index (χ4n) is 2.19. The number of imidazole rings is 1. The average Bonchev–Trinajstić information content (AvgIpc) is 3.01. The Labute approximate surface area is 159 Å². The second-order valence-electron chi connectivity index (χ2n) is 5.61. The molecule has 144 valence electrons.